The SMILES string of the molecule is COC(=O)Nc1ccc(-c2cnc3c(C)cc(C(=O)N(C)c4ccc(F)c(C)c4)nn23)cn1. The first-order valence-corrected chi connectivity index (χ1v) is 9.99. The molecule has 9 nitrogen and oxygen atoms in total. The van der Waals surface area contributed by atoms with Gasteiger partial charge in [-0.1, -0.05) is 0 Å². The Bertz CT molecular complexity index is 1370. The predicted molar refractivity (Wildman–Crippen MR) is 121 cm³/mol. The van der Waals surface area contributed by atoms with E-state index in [2.05, 4.69) is 25.1 Å². The average Bonchev–Trinajstić information content (AvgIpc) is 3.25. The van der Waals surface area contributed by atoms with Crippen LogP contribution in [0.5, 0.6) is 0 Å². The van der Waals surface area contributed by atoms with Crippen LogP contribution in [0, 0.1) is 19.7 Å². The molecule has 3 aromatic heterocycles. The van der Waals surface area contributed by atoms with Crippen LogP contribution in [0.4, 0.5) is 20.7 Å². The Morgan fingerprint density at radius 2 is 1.85 bits per heavy atom. The van der Waals surface area contributed by atoms with E-state index in [-0.39, 0.29) is 17.4 Å². The summed E-state index contributed by atoms with van der Waals surface area (Å²) < 4.78 is 19.8. The fraction of sp³-hybridized carbons (Fsp3) is 0.174. The quantitative estimate of drug-likeness (QED) is 0.506. The van der Waals surface area contributed by atoms with Crippen molar-refractivity contribution in [2.75, 3.05) is 24.4 Å². The first-order valence-electron chi connectivity index (χ1n) is 9.99. The van der Waals surface area contributed by atoms with Crippen molar-refractivity contribution in [2.24, 2.45) is 0 Å². The lowest BCUT2D eigenvalue weighted by atomic mass is 10.2. The summed E-state index contributed by atoms with van der Waals surface area (Å²) in [7, 11) is 2.88. The van der Waals surface area contributed by atoms with Gasteiger partial charge >= 0.3 is 6.09 Å². The number of halogens is 1. The first-order chi connectivity index (χ1) is 15.8. The summed E-state index contributed by atoms with van der Waals surface area (Å²) in [6, 6.07) is 9.53. The number of carbonyl (C=O) groups excluding carboxylic acids is 2. The van der Waals surface area contributed by atoms with Crippen molar-refractivity contribution in [1.82, 2.24) is 19.6 Å². The van der Waals surface area contributed by atoms with E-state index in [1.54, 1.807) is 61.2 Å². The lowest BCUT2D eigenvalue weighted by molar-refractivity contribution is 0.0987. The molecule has 0 bridgehead atoms. The number of aromatic nitrogens is 4. The number of aryl methyl sites for hydroxylation is 2. The molecule has 4 rings (SSSR count). The number of hydrogen-bond donors (Lipinski definition) is 1. The minimum atomic E-state index is -0.619. The van der Waals surface area contributed by atoms with Gasteiger partial charge in [0.1, 0.15) is 17.3 Å². The number of ether oxygens (including phenoxy) is 1. The lowest BCUT2D eigenvalue weighted by Crippen LogP contribution is -2.28. The number of carbonyl (C=O) groups is 2. The number of fused-ring (bicyclic) bond motifs is 1. The van der Waals surface area contributed by atoms with E-state index >= 15 is 0 Å². The second-order valence-corrected chi connectivity index (χ2v) is 7.44. The summed E-state index contributed by atoms with van der Waals surface area (Å²) in [5, 5.41) is 7.00. The topological polar surface area (TPSA) is 102 Å². The van der Waals surface area contributed by atoms with E-state index in [1.165, 1.54) is 18.1 Å². The van der Waals surface area contributed by atoms with Crippen LogP contribution < -0.4 is 10.2 Å². The summed E-state index contributed by atoms with van der Waals surface area (Å²) in [4.78, 5) is 34.6. The summed E-state index contributed by atoms with van der Waals surface area (Å²) in [5.41, 5.74) is 3.89. The smallest absolute Gasteiger partial charge is 0.412 e. The van der Waals surface area contributed by atoms with Gasteiger partial charge in [0, 0.05) is 24.5 Å². The van der Waals surface area contributed by atoms with Crippen LogP contribution >= 0.6 is 0 Å². The predicted octanol–water partition coefficient (Wildman–Crippen LogP) is 4.00. The van der Waals surface area contributed by atoms with Gasteiger partial charge in [-0.05, 0) is 61.4 Å². The molecule has 0 radical (unpaired) electrons. The zero-order valence-electron chi connectivity index (χ0n) is 18.5. The maximum absolute atomic E-state index is 13.6. The number of pyridine rings is 1. The molecular weight excluding hydrogens is 427 g/mol. The number of benzene rings is 1. The molecule has 0 fully saturated rings. The number of hydrogen-bond acceptors (Lipinski definition) is 6. The molecular formula is C23H21FN6O3. The molecule has 2 amide bonds. The molecule has 0 spiro atoms. The van der Waals surface area contributed by atoms with Gasteiger partial charge in [0.25, 0.3) is 5.91 Å². The fourth-order valence-electron chi connectivity index (χ4n) is 3.32. The molecule has 33 heavy (non-hydrogen) atoms. The Morgan fingerprint density at radius 1 is 1.06 bits per heavy atom. The number of methoxy groups -OCH3 is 1. The Labute approximate surface area is 188 Å². The molecule has 0 aliphatic carbocycles. The number of nitrogens with one attached hydrogen (secondary N) is 1. The van der Waals surface area contributed by atoms with E-state index < -0.39 is 6.09 Å². The molecule has 0 saturated heterocycles. The molecule has 0 atom stereocenters. The summed E-state index contributed by atoms with van der Waals surface area (Å²) >= 11 is 0. The number of rotatable bonds is 4. The molecule has 4 aromatic rings. The summed E-state index contributed by atoms with van der Waals surface area (Å²) in [6.07, 6.45) is 2.58. The van der Waals surface area contributed by atoms with Crippen LogP contribution in [0.3, 0.4) is 0 Å². The van der Waals surface area contributed by atoms with Crippen LogP contribution in [0.1, 0.15) is 21.6 Å². The van der Waals surface area contributed by atoms with Crippen molar-refractivity contribution in [1.29, 1.82) is 0 Å². The van der Waals surface area contributed by atoms with Crippen molar-refractivity contribution < 1.29 is 18.7 Å². The standard InChI is InChI=1S/C23H21FN6O3/c1-13-9-16(6-7-17(13)24)29(3)22(31)18-10-14(2)21-26-12-19(30(21)28-18)15-5-8-20(25-11-15)27-23(32)33-4/h5-12H,1-4H3,(H,25,27,32). The highest BCUT2D eigenvalue weighted by molar-refractivity contribution is 6.04. The zero-order chi connectivity index (χ0) is 23.7. The van der Waals surface area contributed by atoms with Crippen LogP contribution in [0.25, 0.3) is 16.9 Å². The monoisotopic (exact) mass is 448 g/mol. The van der Waals surface area contributed by atoms with E-state index in [0.29, 0.717) is 34.0 Å². The maximum Gasteiger partial charge on any atom is 0.412 e. The molecule has 0 unspecified atom stereocenters. The molecule has 10 heteroatoms. The Balaban J connectivity index is 1.69. The van der Waals surface area contributed by atoms with Crippen molar-refractivity contribution in [2.45, 2.75) is 13.8 Å². The van der Waals surface area contributed by atoms with Crippen LogP contribution in [-0.2, 0) is 4.74 Å². The summed E-state index contributed by atoms with van der Waals surface area (Å²) in [5.74, 6) is -0.350. The second-order valence-electron chi connectivity index (χ2n) is 7.44. The van der Waals surface area contributed by atoms with Gasteiger partial charge in [-0.25, -0.2) is 23.7 Å². The van der Waals surface area contributed by atoms with Gasteiger partial charge in [-0.3, -0.25) is 10.1 Å². The third-order valence-corrected chi connectivity index (χ3v) is 5.18. The van der Waals surface area contributed by atoms with Crippen molar-refractivity contribution in [3.63, 3.8) is 0 Å². The average molecular weight is 448 g/mol. The molecule has 168 valence electrons. The minimum absolute atomic E-state index is 0.209. The Morgan fingerprint density at radius 3 is 2.52 bits per heavy atom. The van der Waals surface area contributed by atoms with Crippen molar-refractivity contribution in [3.05, 3.63) is 71.4 Å². The van der Waals surface area contributed by atoms with Crippen molar-refractivity contribution >= 4 is 29.2 Å². The van der Waals surface area contributed by atoms with Gasteiger partial charge in [-0.15, -0.1) is 0 Å². The number of nitrogens with zero attached hydrogens (tertiary/aromatic N) is 5. The van der Waals surface area contributed by atoms with Crippen molar-refractivity contribution in [3.8, 4) is 11.3 Å². The highest BCUT2D eigenvalue weighted by Crippen LogP contribution is 2.24. The van der Waals surface area contributed by atoms with E-state index in [4.69, 9.17) is 0 Å². The number of anilines is 2. The molecule has 0 saturated carbocycles. The largest absolute Gasteiger partial charge is 0.453 e. The molecule has 3 heterocycles. The van der Waals surface area contributed by atoms with Crippen LogP contribution in [0.2, 0.25) is 0 Å². The fourth-order valence-corrected chi connectivity index (χ4v) is 3.32. The van der Waals surface area contributed by atoms with E-state index in [1.807, 2.05) is 6.92 Å². The van der Waals surface area contributed by atoms with Gasteiger partial charge in [0.05, 0.1) is 19.0 Å². The zero-order valence-corrected chi connectivity index (χ0v) is 18.5. The maximum atomic E-state index is 13.6. The van der Waals surface area contributed by atoms with Gasteiger partial charge in [0.2, 0.25) is 0 Å². The van der Waals surface area contributed by atoms with Gasteiger partial charge in [0.15, 0.2) is 5.65 Å². The third-order valence-electron chi connectivity index (χ3n) is 5.18. The van der Waals surface area contributed by atoms with Crippen LogP contribution in [-0.4, -0.2) is 45.7 Å². The van der Waals surface area contributed by atoms with Gasteiger partial charge < -0.3 is 9.64 Å². The highest BCUT2D eigenvalue weighted by atomic mass is 19.1. The molecule has 1 N–H and O–H groups in total. The molecule has 1 aromatic carbocycles. The van der Waals surface area contributed by atoms with E-state index in [0.717, 1.165) is 5.56 Å². The lowest BCUT2D eigenvalue weighted by Gasteiger charge is -2.18. The van der Waals surface area contributed by atoms with Crippen LogP contribution in [0.15, 0.2) is 48.8 Å². The molecule has 0 aliphatic heterocycles. The Hall–Kier alpha value is -4.34. The summed E-state index contributed by atoms with van der Waals surface area (Å²) in [6.45, 7) is 3.48. The van der Waals surface area contributed by atoms with Gasteiger partial charge in [-0.2, -0.15) is 5.10 Å². The minimum Gasteiger partial charge on any atom is -0.453 e. The molecule has 0 aliphatic rings. The first kappa shape index (κ1) is 21.9. The third kappa shape index (κ3) is 4.22. The van der Waals surface area contributed by atoms with E-state index in [9.17, 15) is 14.0 Å². The normalized spacial score (nSPS) is 10.8. The second kappa shape index (κ2) is 8.65. The Kier molecular flexibility index (Phi) is 5.74. The number of imidazole rings is 1. The number of amides is 2. The highest BCUT2D eigenvalue weighted by Gasteiger charge is 2.19.